The second-order valence-electron chi connectivity index (χ2n) is 6.37. The summed E-state index contributed by atoms with van der Waals surface area (Å²) in [5, 5.41) is 8.85. The van der Waals surface area contributed by atoms with Crippen LogP contribution in [0.15, 0.2) is 27.7 Å². The summed E-state index contributed by atoms with van der Waals surface area (Å²) >= 11 is 3.32. The summed E-state index contributed by atoms with van der Waals surface area (Å²) in [4.78, 5) is 15.6. The molecule has 1 aromatic rings. The van der Waals surface area contributed by atoms with Crippen molar-refractivity contribution < 1.29 is 13.9 Å². The molecule has 0 aliphatic rings. The molecule has 140 valence electrons. The lowest BCUT2D eigenvalue weighted by Crippen LogP contribution is -2.39. The van der Waals surface area contributed by atoms with E-state index in [1.165, 1.54) is 6.07 Å². The Bertz CT molecular complexity index is 603. The van der Waals surface area contributed by atoms with E-state index >= 15 is 0 Å². The molecule has 0 heterocycles. The van der Waals surface area contributed by atoms with E-state index in [9.17, 15) is 9.18 Å². The lowest BCUT2D eigenvalue weighted by Gasteiger charge is -2.19. The van der Waals surface area contributed by atoms with Crippen LogP contribution in [0.25, 0.3) is 0 Å². The van der Waals surface area contributed by atoms with E-state index in [4.69, 9.17) is 4.74 Å². The number of hydrogen-bond donors (Lipinski definition) is 3. The fourth-order valence-electron chi connectivity index (χ4n) is 1.88. The van der Waals surface area contributed by atoms with E-state index in [2.05, 4.69) is 36.9 Å². The molecule has 0 saturated heterocycles. The summed E-state index contributed by atoms with van der Waals surface area (Å²) in [5.74, 6) is 0.296. The molecule has 0 saturated carbocycles. The number of benzene rings is 1. The minimum absolute atomic E-state index is 0.271. The van der Waals surface area contributed by atoms with Crippen molar-refractivity contribution >= 4 is 28.0 Å². The van der Waals surface area contributed by atoms with Crippen LogP contribution in [0.1, 0.15) is 32.8 Å². The van der Waals surface area contributed by atoms with E-state index in [1.54, 1.807) is 19.2 Å². The highest BCUT2D eigenvalue weighted by Gasteiger charge is 2.15. The van der Waals surface area contributed by atoms with Gasteiger partial charge in [0.15, 0.2) is 5.96 Å². The fraction of sp³-hybridized carbons (Fsp3) is 0.529. The van der Waals surface area contributed by atoms with Crippen molar-refractivity contribution in [1.29, 1.82) is 0 Å². The summed E-state index contributed by atoms with van der Waals surface area (Å²) in [6, 6.07) is 4.80. The summed E-state index contributed by atoms with van der Waals surface area (Å²) in [7, 11) is 1.64. The van der Waals surface area contributed by atoms with Crippen molar-refractivity contribution in [3.05, 3.63) is 34.1 Å². The van der Waals surface area contributed by atoms with Gasteiger partial charge in [-0.05, 0) is 45.4 Å². The summed E-state index contributed by atoms with van der Waals surface area (Å²) in [5.41, 5.74) is 0.0413. The zero-order chi connectivity index (χ0) is 18.9. The van der Waals surface area contributed by atoms with Crippen molar-refractivity contribution in [2.24, 2.45) is 4.99 Å². The van der Waals surface area contributed by atoms with Crippen LogP contribution in [0.2, 0.25) is 0 Å². The van der Waals surface area contributed by atoms with Crippen molar-refractivity contribution in [2.75, 3.05) is 20.1 Å². The van der Waals surface area contributed by atoms with Crippen LogP contribution < -0.4 is 16.0 Å². The average Bonchev–Trinajstić information content (AvgIpc) is 2.51. The van der Waals surface area contributed by atoms with Crippen LogP contribution in [0, 0.1) is 5.82 Å². The lowest BCUT2D eigenvalue weighted by atomic mass is 10.2. The van der Waals surface area contributed by atoms with E-state index < -0.39 is 11.7 Å². The quantitative estimate of drug-likeness (QED) is 0.378. The summed E-state index contributed by atoms with van der Waals surface area (Å²) < 4.78 is 19.7. The third kappa shape index (κ3) is 9.28. The molecule has 0 aliphatic carbocycles. The number of hydrogen-bond acceptors (Lipinski definition) is 3. The molecule has 0 aliphatic heterocycles. The highest BCUT2D eigenvalue weighted by molar-refractivity contribution is 9.10. The molecule has 3 N–H and O–H groups in total. The molecule has 1 aromatic carbocycles. The van der Waals surface area contributed by atoms with Crippen molar-refractivity contribution in [3.8, 4) is 0 Å². The Morgan fingerprint density at radius 2 is 1.92 bits per heavy atom. The number of amides is 1. The Morgan fingerprint density at radius 1 is 1.24 bits per heavy atom. The Labute approximate surface area is 156 Å². The highest BCUT2D eigenvalue weighted by Crippen LogP contribution is 2.15. The van der Waals surface area contributed by atoms with Gasteiger partial charge in [-0.1, -0.05) is 15.9 Å². The topological polar surface area (TPSA) is 74.8 Å². The molecular weight excluding hydrogens is 391 g/mol. The largest absolute Gasteiger partial charge is 0.444 e. The van der Waals surface area contributed by atoms with Crippen molar-refractivity contribution in [1.82, 2.24) is 16.0 Å². The molecule has 1 amide bonds. The van der Waals surface area contributed by atoms with Gasteiger partial charge in [0.1, 0.15) is 11.4 Å². The van der Waals surface area contributed by atoms with Gasteiger partial charge >= 0.3 is 6.09 Å². The van der Waals surface area contributed by atoms with Gasteiger partial charge in [0.2, 0.25) is 0 Å². The van der Waals surface area contributed by atoms with Gasteiger partial charge in [-0.25, -0.2) is 9.18 Å². The smallest absolute Gasteiger partial charge is 0.407 e. The third-order valence-electron chi connectivity index (χ3n) is 2.99. The zero-order valence-electron chi connectivity index (χ0n) is 15.1. The number of ether oxygens (including phenoxy) is 1. The second-order valence-corrected chi connectivity index (χ2v) is 7.29. The molecule has 0 spiro atoms. The maximum atomic E-state index is 13.7. The van der Waals surface area contributed by atoms with Crippen LogP contribution in [-0.2, 0) is 11.3 Å². The van der Waals surface area contributed by atoms with E-state index in [-0.39, 0.29) is 5.82 Å². The number of rotatable bonds is 6. The van der Waals surface area contributed by atoms with Gasteiger partial charge in [-0.2, -0.15) is 0 Å². The first-order chi connectivity index (χ1) is 11.7. The van der Waals surface area contributed by atoms with E-state index in [0.29, 0.717) is 37.6 Å². The Morgan fingerprint density at radius 3 is 2.56 bits per heavy atom. The van der Waals surface area contributed by atoms with Gasteiger partial charge in [0.25, 0.3) is 0 Å². The number of guanidine groups is 1. The van der Waals surface area contributed by atoms with Gasteiger partial charge in [-0.15, -0.1) is 0 Å². The Kier molecular flexibility index (Phi) is 8.68. The van der Waals surface area contributed by atoms with Crippen LogP contribution >= 0.6 is 15.9 Å². The maximum Gasteiger partial charge on any atom is 0.407 e. The summed E-state index contributed by atoms with van der Waals surface area (Å²) in [6.07, 6.45) is 0.269. The van der Waals surface area contributed by atoms with Crippen molar-refractivity contribution in [2.45, 2.75) is 39.3 Å². The number of halogens is 2. The normalized spacial score (nSPS) is 11.8. The predicted octanol–water partition coefficient (Wildman–Crippen LogP) is 3.17. The maximum absolute atomic E-state index is 13.7. The standard InChI is InChI=1S/C17H26BrFN4O2/c1-17(2,3)25-16(24)22-9-5-8-21-15(20-4)23-11-12-10-13(18)6-7-14(12)19/h6-7,10H,5,8-9,11H2,1-4H3,(H,22,24)(H2,20,21,23). The monoisotopic (exact) mass is 416 g/mol. The first-order valence-corrected chi connectivity index (χ1v) is 8.86. The SMILES string of the molecule is CN=C(NCCCNC(=O)OC(C)(C)C)NCc1cc(Br)ccc1F. The zero-order valence-corrected chi connectivity index (χ0v) is 16.7. The molecule has 0 unspecified atom stereocenters. The molecule has 0 bridgehead atoms. The number of carbonyl (C=O) groups excluding carboxylic acids is 1. The first kappa shape index (κ1) is 21.2. The van der Waals surface area contributed by atoms with E-state index in [1.807, 2.05) is 20.8 Å². The number of aliphatic imine (C=N–C) groups is 1. The molecule has 0 aromatic heterocycles. The number of nitrogens with one attached hydrogen (secondary N) is 3. The molecule has 0 atom stereocenters. The van der Waals surface area contributed by atoms with Crippen molar-refractivity contribution in [3.63, 3.8) is 0 Å². The van der Waals surface area contributed by atoms with Gasteiger partial charge in [0.05, 0.1) is 0 Å². The highest BCUT2D eigenvalue weighted by atomic mass is 79.9. The molecule has 6 nitrogen and oxygen atoms in total. The van der Waals surface area contributed by atoms with Crippen LogP contribution in [0.4, 0.5) is 9.18 Å². The van der Waals surface area contributed by atoms with Gasteiger partial charge in [-0.3, -0.25) is 4.99 Å². The van der Waals surface area contributed by atoms with E-state index in [0.717, 1.165) is 4.47 Å². The molecule has 0 radical (unpaired) electrons. The lowest BCUT2D eigenvalue weighted by molar-refractivity contribution is 0.0527. The fourth-order valence-corrected chi connectivity index (χ4v) is 2.29. The third-order valence-corrected chi connectivity index (χ3v) is 3.49. The molecular formula is C17H26BrFN4O2. The van der Waals surface area contributed by atoms with Crippen LogP contribution in [0.5, 0.6) is 0 Å². The molecule has 0 fully saturated rings. The molecule has 1 rings (SSSR count). The molecule has 8 heteroatoms. The predicted molar refractivity (Wildman–Crippen MR) is 101 cm³/mol. The van der Waals surface area contributed by atoms with Crippen LogP contribution in [0.3, 0.4) is 0 Å². The summed E-state index contributed by atoms with van der Waals surface area (Å²) in [6.45, 7) is 6.87. The minimum Gasteiger partial charge on any atom is -0.444 e. The Balaban J connectivity index is 2.27. The second kappa shape index (κ2) is 10.2. The Hall–Kier alpha value is -1.83. The number of carbonyl (C=O) groups is 1. The van der Waals surface area contributed by atoms with Gasteiger partial charge < -0.3 is 20.7 Å². The molecule has 25 heavy (non-hydrogen) atoms. The number of alkyl carbamates (subject to hydrolysis) is 1. The van der Waals surface area contributed by atoms with Gasteiger partial charge in [0, 0.05) is 36.7 Å². The van der Waals surface area contributed by atoms with Crippen LogP contribution in [-0.4, -0.2) is 37.8 Å². The average molecular weight is 417 g/mol. The number of nitrogens with zero attached hydrogens (tertiary/aromatic N) is 1. The minimum atomic E-state index is -0.504. The first-order valence-electron chi connectivity index (χ1n) is 8.06.